The smallest absolute Gasteiger partial charge is 0.291 e. The summed E-state index contributed by atoms with van der Waals surface area (Å²) in [4.78, 5) is 46.6. The highest BCUT2D eigenvalue weighted by Crippen LogP contribution is 2.36. The lowest BCUT2D eigenvalue weighted by Gasteiger charge is -2.36. The Bertz CT molecular complexity index is 1470. The van der Waals surface area contributed by atoms with Crippen LogP contribution in [0.4, 0.5) is 17.1 Å². The monoisotopic (exact) mass is 539 g/mol. The van der Waals surface area contributed by atoms with E-state index in [0.29, 0.717) is 36.6 Å². The van der Waals surface area contributed by atoms with E-state index < -0.39 is 5.91 Å². The normalized spacial score (nSPS) is 12.7. The summed E-state index contributed by atoms with van der Waals surface area (Å²) in [5, 5.41) is 5.91. The molecule has 0 radical (unpaired) electrons. The number of anilines is 3. The number of carbonyl (C=O) groups excluding carboxylic acids is 3. The number of fused-ring (bicyclic) bond motifs is 1. The molecule has 0 saturated heterocycles. The lowest BCUT2D eigenvalue weighted by atomic mass is 10.1. The van der Waals surface area contributed by atoms with Gasteiger partial charge in [-0.15, -0.1) is 0 Å². The van der Waals surface area contributed by atoms with Crippen LogP contribution in [0.1, 0.15) is 21.8 Å². The van der Waals surface area contributed by atoms with Crippen LogP contribution < -0.4 is 25.2 Å². The number of furan rings is 1. The molecule has 2 aromatic carbocycles. The molecule has 204 valence electrons. The lowest BCUT2D eigenvalue weighted by Crippen LogP contribution is -2.50. The molecular formula is C30H29N5O5. The van der Waals surface area contributed by atoms with Crippen molar-refractivity contribution in [2.24, 2.45) is 0 Å². The summed E-state index contributed by atoms with van der Waals surface area (Å²) in [6.07, 6.45) is 3.73. The number of amides is 3. The van der Waals surface area contributed by atoms with Crippen LogP contribution in [-0.4, -0.2) is 49.4 Å². The van der Waals surface area contributed by atoms with Crippen molar-refractivity contribution >= 4 is 34.8 Å². The van der Waals surface area contributed by atoms with Gasteiger partial charge in [0.05, 0.1) is 37.0 Å². The Morgan fingerprint density at radius 3 is 2.60 bits per heavy atom. The van der Waals surface area contributed by atoms with Crippen LogP contribution >= 0.6 is 0 Å². The zero-order chi connectivity index (χ0) is 27.9. The molecule has 0 spiro atoms. The standard InChI is InChI=1S/C30H29N5O5/c1-39-24-10-7-21(8-11-24)13-15-34-25-12-9-22(33-30(38)27-6-4-16-40-27)17-26(25)35(20-29(34)37)28(36)19-31-18-23-5-2-3-14-32-23/h2-12,14,16-17,31H,13,15,18-20H2,1H3,(H,33,38). The van der Waals surface area contributed by atoms with Gasteiger partial charge in [0.15, 0.2) is 5.76 Å². The van der Waals surface area contributed by atoms with E-state index in [-0.39, 0.29) is 30.7 Å². The second-order valence-corrected chi connectivity index (χ2v) is 9.18. The predicted molar refractivity (Wildman–Crippen MR) is 150 cm³/mol. The number of hydrogen-bond acceptors (Lipinski definition) is 7. The second kappa shape index (κ2) is 12.3. The van der Waals surface area contributed by atoms with Crippen molar-refractivity contribution < 1.29 is 23.5 Å². The molecule has 0 saturated carbocycles. The predicted octanol–water partition coefficient (Wildman–Crippen LogP) is 3.65. The van der Waals surface area contributed by atoms with Crippen molar-refractivity contribution in [1.29, 1.82) is 0 Å². The molecular weight excluding hydrogens is 510 g/mol. The van der Waals surface area contributed by atoms with Gasteiger partial charge < -0.3 is 24.7 Å². The summed E-state index contributed by atoms with van der Waals surface area (Å²) in [5.41, 5.74) is 3.46. The molecule has 10 heteroatoms. The third-order valence-corrected chi connectivity index (χ3v) is 6.55. The van der Waals surface area contributed by atoms with Crippen LogP contribution in [0.25, 0.3) is 0 Å². The molecule has 1 aliphatic rings. The van der Waals surface area contributed by atoms with Gasteiger partial charge in [-0.3, -0.25) is 24.3 Å². The highest BCUT2D eigenvalue weighted by Gasteiger charge is 2.32. The number of hydrogen-bond donors (Lipinski definition) is 2. The summed E-state index contributed by atoms with van der Waals surface area (Å²) in [6, 6.07) is 21.6. The number of benzene rings is 2. The number of methoxy groups -OCH3 is 1. The summed E-state index contributed by atoms with van der Waals surface area (Å²) < 4.78 is 10.4. The van der Waals surface area contributed by atoms with Crippen LogP contribution in [0.15, 0.2) is 89.7 Å². The number of carbonyl (C=O) groups is 3. The van der Waals surface area contributed by atoms with E-state index in [9.17, 15) is 14.4 Å². The van der Waals surface area contributed by atoms with Gasteiger partial charge in [-0.2, -0.15) is 0 Å². The maximum Gasteiger partial charge on any atom is 0.291 e. The molecule has 3 amide bonds. The van der Waals surface area contributed by atoms with Gasteiger partial charge in [-0.25, -0.2) is 0 Å². The molecule has 0 aliphatic carbocycles. The van der Waals surface area contributed by atoms with Crippen LogP contribution in [-0.2, 0) is 22.6 Å². The zero-order valence-electron chi connectivity index (χ0n) is 22.0. The van der Waals surface area contributed by atoms with Crippen molar-refractivity contribution in [3.8, 4) is 5.75 Å². The molecule has 40 heavy (non-hydrogen) atoms. The number of ether oxygens (including phenoxy) is 1. The van der Waals surface area contributed by atoms with E-state index in [4.69, 9.17) is 9.15 Å². The van der Waals surface area contributed by atoms with Gasteiger partial charge in [-0.05, 0) is 66.6 Å². The summed E-state index contributed by atoms with van der Waals surface area (Å²) in [6.45, 7) is 0.734. The number of nitrogens with one attached hydrogen (secondary N) is 2. The Morgan fingerprint density at radius 2 is 1.88 bits per heavy atom. The lowest BCUT2D eigenvalue weighted by molar-refractivity contribution is -0.122. The third kappa shape index (κ3) is 6.19. The largest absolute Gasteiger partial charge is 0.497 e. The van der Waals surface area contributed by atoms with Gasteiger partial charge in [-0.1, -0.05) is 18.2 Å². The fourth-order valence-electron chi connectivity index (χ4n) is 4.48. The molecule has 5 rings (SSSR count). The zero-order valence-corrected chi connectivity index (χ0v) is 22.0. The van der Waals surface area contributed by atoms with Crippen molar-refractivity contribution in [3.05, 3.63) is 102 Å². The SMILES string of the molecule is COc1ccc(CCN2C(=O)CN(C(=O)CNCc3ccccn3)c3cc(NC(=O)c4ccco4)ccc32)cc1. The second-order valence-electron chi connectivity index (χ2n) is 9.18. The van der Waals surface area contributed by atoms with E-state index >= 15 is 0 Å². The molecule has 10 nitrogen and oxygen atoms in total. The minimum atomic E-state index is -0.414. The molecule has 4 aromatic rings. The van der Waals surface area contributed by atoms with E-state index in [1.54, 1.807) is 48.5 Å². The van der Waals surface area contributed by atoms with Crippen LogP contribution in [0, 0.1) is 0 Å². The summed E-state index contributed by atoms with van der Waals surface area (Å²) >= 11 is 0. The number of aromatic nitrogens is 1. The molecule has 0 unspecified atom stereocenters. The van der Waals surface area contributed by atoms with Crippen molar-refractivity contribution in [3.63, 3.8) is 0 Å². The highest BCUT2D eigenvalue weighted by molar-refractivity contribution is 6.12. The Labute approximate surface area is 231 Å². The van der Waals surface area contributed by atoms with Gasteiger partial charge in [0, 0.05) is 25.0 Å². The van der Waals surface area contributed by atoms with E-state index in [1.807, 2.05) is 42.5 Å². The fourth-order valence-corrected chi connectivity index (χ4v) is 4.48. The summed E-state index contributed by atoms with van der Waals surface area (Å²) in [7, 11) is 1.62. The summed E-state index contributed by atoms with van der Waals surface area (Å²) in [5.74, 6) is 0.0585. The maximum atomic E-state index is 13.3. The third-order valence-electron chi connectivity index (χ3n) is 6.55. The van der Waals surface area contributed by atoms with Crippen molar-refractivity contribution in [2.75, 3.05) is 41.9 Å². The van der Waals surface area contributed by atoms with Gasteiger partial charge in [0.1, 0.15) is 12.3 Å². The molecule has 0 bridgehead atoms. The first kappa shape index (κ1) is 26.6. The van der Waals surface area contributed by atoms with Crippen molar-refractivity contribution in [1.82, 2.24) is 10.3 Å². The van der Waals surface area contributed by atoms with Gasteiger partial charge in [0.2, 0.25) is 11.8 Å². The average molecular weight is 540 g/mol. The molecule has 1 aliphatic heterocycles. The first-order chi connectivity index (χ1) is 19.5. The fraction of sp³-hybridized carbons (Fsp3) is 0.200. The van der Waals surface area contributed by atoms with Crippen LogP contribution in [0.3, 0.4) is 0 Å². The Hall–Kier alpha value is -4.96. The molecule has 0 fully saturated rings. The Balaban J connectivity index is 1.36. The highest BCUT2D eigenvalue weighted by atomic mass is 16.5. The Kier molecular flexibility index (Phi) is 8.17. The molecule has 2 N–H and O–H groups in total. The first-order valence-corrected chi connectivity index (χ1v) is 12.8. The minimum absolute atomic E-state index is 0.0120. The quantitative estimate of drug-likeness (QED) is 0.316. The molecule has 2 aromatic heterocycles. The molecule has 3 heterocycles. The van der Waals surface area contributed by atoms with Crippen molar-refractivity contribution in [2.45, 2.75) is 13.0 Å². The molecule has 0 atom stereocenters. The number of pyridine rings is 1. The average Bonchev–Trinajstić information content (AvgIpc) is 3.53. The number of rotatable bonds is 10. The van der Waals surface area contributed by atoms with E-state index in [0.717, 1.165) is 17.0 Å². The van der Waals surface area contributed by atoms with E-state index in [2.05, 4.69) is 15.6 Å². The Morgan fingerprint density at radius 1 is 1.02 bits per heavy atom. The van der Waals surface area contributed by atoms with E-state index in [1.165, 1.54) is 11.2 Å². The van der Waals surface area contributed by atoms with Crippen LogP contribution in [0.5, 0.6) is 5.75 Å². The van der Waals surface area contributed by atoms with Gasteiger partial charge >= 0.3 is 0 Å². The minimum Gasteiger partial charge on any atom is -0.497 e. The van der Waals surface area contributed by atoms with Gasteiger partial charge in [0.25, 0.3) is 5.91 Å². The number of nitrogens with zero attached hydrogens (tertiary/aromatic N) is 3. The van der Waals surface area contributed by atoms with Crippen LogP contribution in [0.2, 0.25) is 0 Å². The topological polar surface area (TPSA) is 117 Å². The maximum absolute atomic E-state index is 13.3. The first-order valence-electron chi connectivity index (χ1n) is 12.8.